The van der Waals surface area contributed by atoms with Crippen molar-refractivity contribution >= 4 is 21.6 Å². The quantitative estimate of drug-likeness (QED) is 0.631. The average Bonchev–Trinajstić information content (AvgIpc) is 2.69. The lowest BCUT2D eigenvalue weighted by Crippen LogP contribution is -2.32. The second-order valence-corrected chi connectivity index (χ2v) is 9.46. The van der Waals surface area contributed by atoms with Crippen LogP contribution in [0.15, 0.2) is 41.3 Å². The third kappa shape index (κ3) is 5.61. The minimum Gasteiger partial charge on any atom is -0.376 e. The van der Waals surface area contributed by atoms with Gasteiger partial charge in [-0.15, -0.1) is 0 Å². The number of carbonyl (C=O) groups is 1. The van der Waals surface area contributed by atoms with Gasteiger partial charge in [0, 0.05) is 18.8 Å². The fraction of sp³-hybridized carbons (Fsp3) is 0.435. The van der Waals surface area contributed by atoms with E-state index in [4.69, 9.17) is 0 Å². The Kier molecular flexibility index (Phi) is 8.03. The Balaban J connectivity index is 2.07. The van der Waals surface area contributed by atoms with E-state index in [2.05, 4.69) is 36.6 Å². The van der Waals surface area contributed by atoms with E-state index < -0.39 is 10.0 Å². The highest BCUT2D eigenvalue weighted by molar-refractivity contribution is 7.89. The fourth-order valence-electron chi connectivity index (χ4n) is 3.28. The third-order valence-electron chi connectivity index (χ3n) is 5.37. The second-order valence-electron chi connectivity index (χ2n) is 7.56. The number of sulfonamides is 1. The zero-order chi connectivity index (χ0) is 22.5. The summed E-state index contributed by atoms with van der Waals surface area (Å²) >= 11 is 0. The molecule has 1 amide bonds. The molecule has 2 aromatic carbocycles. The predicted octanol–water partition coefficient (Wildman–Crippen LogP) is 3.93. The minimum atomic E-state index is -3.56. The normalized spacial score (nSPS) is 12.6. The number of anilines is 1. The molecule has 2 aromatic rings. The molecule has 0 saturated heterocycles. The molecule has 0 spiro atoms. The molecule has 2 rings (SSSR count). The number of aryl methyl sites for hydroxylation is 3. The Morgan fingerprint density at radius 3 is 2.20 bits per heavy atom. The van der Waals surface area contributed by atoms with Crippen LogP contribution in [-0.4, -0.2) is 38.3 Å². The van der Waals surface area contributed by atoms with Crippen molar-refractivity contribution in [3.05, 3.63) is 58.7 Å². The molecule has 0 aromatic heterocycles. The summed E-state index contributed by atoms with van der Waals surface area (Å²) in [5.74, 6) is -0.158. The summed E-state index contributed by atoms with van der Waals surface area (Å²) in [5, 5.41) is 6.02. The Morgan fingerprint density at radius 2 is 1.60 bits per heavy atom. The van der Waals surface area contributed by atoms with Gasteiger partial charge in [-0.1, -0.05) is 38.1 Å². The molecule has 164 valence electrons. The van der Waals surface area contributed by atoms with Gasteiger partial charge < -0.3 is 10.6 Å². The molecule has 1 atom stereocenters. The number of benzene rings is 2. The fourth-order valence-corrected chi connectivity index (χ4v) is 4.99. The van der Waals surface area contributed by atoms with Gasteiger partial charge in [-0.3, -0.25) is 4.79 Å². The van der Waals surface area contributed by atoms with Crippen LogP contribution >= 0.6 is 0 Å². The van der Waals surface area contributed by atoms with Crippen molar-refractivity contribution in [2.45, 2.75) is 52.5 Å². The first-order valence-electron chi connectivity index (χ1n) is 10.3. The highest BCUT2D eigenvalue weighted by Gasteiger charge is 2.24. The minimum absolute atomic E-state index is 0.0585. The lowest BCUT2D eigenvalue weighted by molar-refractivity contribution is -0.120. The van der Waals surface area contributed by atoms with Gasteiger partial charge in [0.2, 0.25) is 15.9 Å². The number of amides is 1. The monoisotopic (exact) mass is 431 g/mol. The maximum atomic E-state index is 12.9. The standard InChI is InChI=1S/C23H33N3O3S/c1-7-26(8-2)30(28,29)22-14-21(12-10-17(22)4)24-15-23(27)25-19(6)20-11-9-16(3)18(5)13-20/h9-14,19,24H,7-8,15H2,1-6H3,(H,25,27). The summed E-state index contributed by atoms with van der Waals surface area (Å²) in [4.78, 5) is 12.7. The molecular formula is C23H33N3O3S. The van der Waals surface area contributed by atoms with Crippen LogP contribution < -0.4 is 10.6 Å². The first-order chi connectivity index (χ1) is 14.1. The zero-order valence-corrected chi connectivity index (χ0v) is 19.6. The van der Waals surface area contributed by atoms with Crippen molar-refractivity contribution in [3.63, 3.8) is 0 Å². The van der Waals surface area contributed by atoms with Crippen LogP contribution in [0.25, 0.3) is 0 Å². The number of hydrogen-bond donors (Lipinski definition) is 2. The Morgan fingerprint density at radius 1 is 0.967 bits per heavy atom. The van der Waals surface area contributed by atoms with Crippen molar-refractivity contribution in [1.29, 1.82) is 0 Å². The van der Waals surface area contributed by atoms with Crippen molar-refractivity contribution in [2.24, 2.45) is 0 Å². The molecule has 0 aliphatic heterocycles. The van der Waals surface area contributed by atoms with Crippen LogP contribution in [0.1, 0.15) is 49.1 Å². The van der Waals surface area contributed by atoms with E-state index in [1.807, 2.05) is 26.8 Å². The van der Waals surface area contributed by atoms with Gasteiger partial charge in [0.05, 0.1) is 17.5 Å². The molecule has 7 heteroatoms. The lowest BCUT2D eigenvalue weighted by Gasteiger charge is -2.20. The molecule has 30 heavy (non-hydrogen) atoms. The van der Waals surface area contributed by atoms with E-state index in [1.165, 1.54) is 15.4 Å². The molecule has 0 saturated carbocycles. The predicted molar refractivity (Wildman–Crippen MR) is 122 cm³/mol. The number of nitrogens with zero attached hydrogens (tertiary/aromatic N) is 1. The molecule has 1 unspecified atom stereocenters. The highest BCUT2D eigenvalue weighted by Crippen LogP contribution is 2.23. The lowest BCUT2D eigenvalue weighted by atomic mass is 10.0. The van der Waals surface area contributed by atoms with Crippen molar-refractivity contribution in [1.82, 2.24) is 9.62 Å². The van der Waals surface area contributed by atoms with E-state index in [1.54, 1.807) is 25.1 Å². The molecule has 6 nitrogen and oxygen atoms in total. The summed E-state index contributed by atoms with van der Waals surface area (Å²) in [7, 11) is -3.56. The van der Waals surface area contributed by atoms with E-state index in [0.717, 1.165) is 5.56 Å². The largest absolute Gasteiger partial charge is 0.376 e. The van der Waals surface area contributed by atoms with E-state index in [-0.39, 0.29) is 23.4 Å². The maximum absolute atomic E-state index is 12.9. The van der Waals surface area contributed by atoms with Crippen LogP contribution in [-0.2, 0) is 14.8 Å². The van der Waals surface area contributed by atoms with E-state index >= 15 is 0 Å². The molecule has 0 fully saturated rings. The van der Waals surface area contributed by atoms with E-state index in [0.29, 0.717) is 24.3 Å². The molecule has 2 N–H and O–H groups in total. The second kappa shape index (κ2) is 10.1. The van der Waals surface area contributed by atoms with Gasteiger partial charge in [0.25, 0.3) is 0 Å². The molecular weight excluding hydrogens is 398 g/mol. The summed E-state index contributed by atoms with van der Waals surface area (Å²) in [5.41, 5.74) is 4.73. The van der Waals surface area contributed by atoms with Crippen molar-refractivity contribution < 1.29 is 13.2 Å². The molecule has 0 aliphatic carbocycles. The molecule has 0 aliphatic rings. The van der Waals surface area contributed by atoms with Gasteiger partial charge >= 0.3 is 0 Å². The molecule has 0 bridgehead atoms. The molecule has 0 radical (unpaired) electrons. The topological polar surface area (TPSA) is 78.5 Å². The first-order valence-corrected chi connectivity index (χ1v) is 11.7. The van der Waals surface area contributed by atoms with Gasteiger partial charge in [-0.25, -0.2) is 8.42 Å². The van der Waals surface area contributed by atoms with Crippen molar-refractivity contribution in [2.75, 3.05) is 25.0 Å². The zero-order valence-electron chi connectivity index (χ0n) is 18.7. The highest BCUT2D eigenvalue weighted by atomic mass is 32.2. The van der Waals surface area contributed by atoms with Crippen LogP contribution in [0.3, 0.4) is 0 Å². The van der Waals surface area contributed by atoms with Crippen LogP contribution in [0.4, 0.5) is 5.69 Å². The summed E-state index contributed by atoms with van der Waals surface area (Å²) < 4.78 is 27.2. The molecule has 0 heterocycles. The summed E-state index contributed by atoms with van der Waals surface area (Å²) in [6.07, 6.45) is 0. The third-order valence-corrected chi connectivity index (χ3v) is 7.56. The number of hydrogen-bond acceptors (Lipinski definition) is 4. The van der Waals surface area contributed by atoms with E-state index in [9.17, 15) is 13.2 Å². The Labute approximate surface area is 180 Å². The van der Waals surface area contributed by atoms with Gasteiger partial charge in [-0.05, 0) is 62.1 Å². The van der Waals surface area contributed by atoms with Gasteiger partial charge in [0.1, 0.15) is 0 Å². The summed E-state index contributed by atoms with van der Waals surface area (Å²) in [6, 6.07) is 11.2. The van der Waals surface area contributed by atoms with Gasteiger partial charge in [0.15, 0.2) is 0 Å². The number of carbonyl (C=O) groups excluding carboxylic acids is 1. The Bertz CT molecular complexity index is 999. The Hall–Kier alpha value is -2.38. The van der Waals surface area contributed by atoms with Crippen LogP contribution in [0.5, 0.6) is 0 Å². The smallest absolute Gasteiger partial charge is 0.243 e. The van der Waals surface area contributed by atoms with Crippen LogP contribution in [0.2, 0.25) is 0 Å². The SMILES string of the molecule is CCN(CC)S(=O)(=O)c1cc(NCC(=O)NC(C)c2ccc(C)c(C)c2)ccc1C. The summed E-state index contributed by atoms with van der Waals surface area (Å²) in [6.45, 7) is 12.4. The average molecular weight is 432 g/mol. The van der Waals surface area contributed by atoms with Gasteiger partial charge in [-0.2, -0.15) is 4.31 Å². The van der Waals surface area contributed by atoms with Crippen molar-refractivity contribution in [3.8, 4) is 0 Å². The van der Waals surface area contributed by atoms with Crippen LogP contribution in [0, 0.1) is 20.8 Å². The number of nitrogens with one attached hydrogen (secondary N) is 2. The number of rotatable bonds is 9. The maximum Gasteiger partial charge on any atom is 0.243 e. The first kappa shape index (κ1) is 23.9.